The second-order valence-corrected chi connectivity index (χ2v) is 6.17. The Morgan fingerprint density at radius 2 is 1.96 bits per heavy atom. The van der Waals surface area contributed by atoms with Crippen LogP contribution in [0.15, 0.2) is 0 Å². The molecule has 0 aromatic carbocycles. The van der Waals surface area contributed by atoms with Crippen LogP contribution in [-0.2, 0) is 14.4 Å². The summed E-state index contributed by atoms with van der Waals surface area (Å²) in [4.78, 5) is 37.1. The lowest BCUT2D eigenvalue weighted by molar-refractivity contribution is -0.150. The largest absolute Gasteiger partial charge is 0.480 e. The van der Waals surface area contributed by atoms with Gasteiger partial charge >= 0.3 is 5.97 Å². The molecule has 0 bridgehead atoms. The van der Waals surface area contributed by atoms with E-state index in [4.69, 9.17) is 10.8 Å². The van der Waals surface area contributed by atoms with Gasteiger partial charge < -0.3 is 26.2 Å². The number of hydrogen-bond acceptors (Lipinski definition) is 5. The Hall–Kier alpha value is -1.67. The molecule has 0 spiro atoms. The van der Waals surface area contributed by atoms with E-state index in [1.165, 1.54) is 11.8 Å². The molecule has 1 aliphatic heterocycles. The molecule has 1 aliphatic rings. The third kappa shape index (κ3) is 4.65. The zero-order chi connectivity index (χ0) is 17.7. The van der Waals surface area contributed by atoms with Gasteiger partial charge in [0, 0.05) is 6.54 Å². The molecule has 23 heavy (non-hydrogen) atoms. The first-order valence-corrected chi connectivity index (χ1v) is 7.98. The first-order chi connectivity index (χ1) is 10.7. The highest BCUT2D eigenvalue weighted by atomic mass is 16.4. The number of carboxylic acids is 1. The SMILES string of the molecule is CCC(C)C(N)C(=O)NC(C(=O)N1CCCC1C(=O)O)C(C)O. The van der Waals surface area contributed by atoms with Crippen molar-refractivity contribution in [2.45, 2.75) is 64.3 Å². The van der Waals surface area contributed by atoms with E-state index in [2.05, 4.69) is 5.32 Å². The zero-order valence-electron chi connectivity index (χ0n) is 13.9. The number of aliphatic hydroxyl groups excluding tert-OH is 1. The van der Waals surface area contributed by atoms with Crippen molar-refractivity contribution >= 4 is 17.8 Å². The van der Waals surface area contributed by atoms with E-state index in [0.717, 1.165) is 0 Å². The fraction of sp³-hybridized carbons (Fsp3) is 0.800. The molecule has 5 unspecified atom stereocenters. The van der Waals surface area contributed by atoms with Gasteiger partial charge in [0.05, 0.1) is 12.1 Å². The summed E-state index contributed by atoms with van der Waals surface area (Å²) in [6.07, 6.45) is 0.504. The maximum Gasteiger partial charge on any atom is 0.326 e. The summed E-state index contributed by atoms with van der Waals surface area (Å²) in [6, 6.07) is -2.90. The van der Waals surface area contributed by atoms with Gasteiger partial charge in [-0.1, -0.05) is 20.3 Å². The van der Waals surface area contributed by atoms with E-state index in [9.17, 15) is 19.5 Å². The Kier molecular flexibility index (Phi) is 6.96. The predicted octanol–water partition coefficient (Wildman–Crippen LogP) is -0.699. The van der Waals surface area contributed by atoms with Gasteiger partial charge in [-0.25, -0.2) is 4.79 Å². The molecule has 5 atom stereocenters. The summed E-state index contributed by atoms with van der Waals surface area (Å²) in [5.74, 6) is -2.26. The average molecular weight is 329 g/mol. The van der Waals surface area contributed by atoms with Crippen molar-refractivity contribution in [3.05, 3.63) is 0 Å². The molecule has 1 rings (SSSR count). The maximum absolute atomic E-state index is 12.5. The predicted molar refractivity (Wildman–Crippen MR) is 83.4 cm³/mol. The number of nitrogens with two attached hydrogens (primary N) is 1. The zero-order valence-corrected chi connectivity index (χ0v) is 13.9. The van der Waals surface area contributed by atoms with E-state index in [0.29, 0.717) is 25.8 Å². The van der Waals surface area contributed by atoms with E-state index in [1.54, 1.807) is 0 Å². The van der Waals surface area contributed by atoms with Gasteiger partial charge in [-0.3, -0.25) is 9.59 Å². The van der Waals surface area contributed by atoms with Crippen molar-refractivity contribution in [2.24, 2.45) is 11.7 Å². The monoisotopic (exact) mass is 329 g/mol. The van der Waals surface area contributed by atoms with Crippen molar-refractivity contribution in [2.75, 3.05) is 6.54 Å². The van der Waals surface area contributed by atoms with Crippen LogP contribution in [0.4, 0.5) is 0 Å². The van der Waals surface area contributed by atoms with Crippen LogP contribution in [0.1, 0.15) is 40.0 Å². The van der Waals surface area contributed by atoms with Gasteiger partial charge in [0.2, 0.25) is 11.8 Å². The average Bonchev–Trinajstić information content (AvgIpc) is 2.99. The van der Waals surface area contributed by atoms with Crippen molar-refractivity contribution < 1.29 is 24.6 Å². The highest BCUT2D eigenvalue weighted by Gasteiger charge is 2.39. The molecule has 0 aromatic heterocycles. The third-order valence-corrected chi connectivity index (χ3v) is 4.43. The smallest absolute Gasteiger partial charge is 0.326 e. The first kappa shape index (κ1) is 19.4. The Morgan fingerprint density at radius 3 is 2.43 bits per heavy atom. The first-order valence-electron chi connectivity index (χ1n) is 7.98. The van der Waals surface area contributed by atoms with Gasteiger partial charge in [-0.2, -0.15) is 0 Å². The van der Waals surface area contributed by atoms with Crippen LogP contribution in [0, 0.1) is 5.92 Å². The second kappa shape index (κ2) is 8.26. The standard InChI is InChI=1S/C15H27N3O5/c1-4-8(2)11(16)13(20)17-12(9(3)19)14(21)18-7-5-6-10(18)15(22)23/h8-12,19H,4-7,16H2,1-3H3,(H,17,20)(H,22,23). The van der Waals surface area contributed by atoms with Crippen LogP contribution in [-0.4, -0.2) is 63.7 Å². The number of nitrogens with zero attached hydrogens (tertiary/aromatic N) is 1. The lowest BCUT2D eigenvalue weighted by atomic mass is 9.98. The van der Waals surface area contributed by atoms with E-state index >= 15 is 0 Å². The molecule has 5 N–H and O–H groups in total. The second-order valence-electron chi connectivity index (χ2n) is 6.17. The minimum absolute atomic E-state index is 0.0710. The highest BCUT2D eigenvalue weighted by molar-refractivity contribution is 5.92. The minimum Gasteiger partial charge on any atom is -0.480 e. The lowest BCUT2D eigenvalue weighted by Crippen LogP contribution is -2.58. The van der Waals surface area contributed by atoms with Crippen molar-refractivity contribution in [1.82, 2.24) is 10.2 Å². The van der Waals surface area contributed by atoms with Crippen LogP contribution < -0.4 is 11.1 Å². The van der Waals surface area contributed by atoms with Gasteiger partial charge in [0.25, 0.3) is 0 Å². The number of hydrogen-bond donors (Lipinski definition) is 4. The number of aliphatic carboxylic acids is 1. The highest BCUT2D eigenvalue weighted by Crippen LogP contribution is 2.19. The van der Waals surface area contributed by atoms with Gasteiger partial charge in [-0.15, -0.1) is 0 Å². The summed E-state index contributed by atoms with van der Waals surface area (Å²) in [5, 5.41) is 21.5. The number of aliphatic hydroxyl groups is 1. The Balaban J connectivity index is 2.84. The number of nitrogens with one attached hydrogen (secondary N) is 1. The molecule has 8 nitrogen and oxygen atoms in total. The normalized spacial score (nSPS) is 23.0. The molecule has 2 amide bonds. The Labute approximate surface area is 136 Å². The molecular weight excluding hydrogens is 302 g/mol. The number of likely N-dealkylation sites (tertiary alicyclic amines) is 1. The number of amides is 2. The summed E-state index contributed by atoms with van der Waals surface area (Å²) < 4.78 is 0. The third-order valence-electron chi connectivity index (χ3n) is 4.43. The number of carbonyl (C=O) groups excluding carboxylic acids is 2. The van der Waals surface area contributed by atoms with E-state index < -0.39 is 42.0 Å². The van der Waals surface area contributed by atoms with Crippen LogP contribution in [0.3, 0.4) is 0 Å². The summed E-state index contributed by atoms with van der Waals surface area (Å²) in [7, 11) is 0. The molecule has 0 radical (unpaired) electrons. The Bertz CT molecular complexity index is 454. The number of rotatable bonds is 7. The number of carbonyl (C=O) groups is 3. The van der Waals surface area contributed by atoms with E-state index in [-0.39, 0.29) is 5.92 Å². The van der Waals surface area contributed by atoms with Crippen LogP contribution in [0.2, 0.25) is 0 Å². The summed E-state index contributed by atoms with van der Waals surface area (Å²) in [5.41, 5.74) is 5.84. The molecule has 0 aromatic rings. The summed E-state index contributed by atoms with van der Waals surface area (Å²) in [6.45, 7) is 5.40. The van der Waals surface area contributed by atoms with Gasteiger partial charge in [0.1, 0.15) is 12.1 Å². The van der Waals surface area contributed by atoms with Crippen LogP contribution in [0.5, 0.6) is 0 Å². The van der Waals surface area contributed by atoms with Crippen molar-refractivity contribution in [1.29, 1.82) is 0 Å². The quantitative estimate of drug-likeness (QED) is 0.488. The molecule has 1 saturated heterocycles. The van der Waals surface area contributed by atoms with Crippen molar-refractivity contribution in [3.8, 4) is 0 Å². The van der Waals surface area contributed by atoms with Gasteiger partial charge in [-0.05, 0) is 25.7 Å². The van der Waals surface area contributed by atoms with Crippen LogP contribution >= 0.6 is 0 Å². The molecule has 132 valence electrons. The molecule has 0 saturated carbocycles. The van der Waals surface area contributed by atoms with Crippen LogP contribution in [0.25, 0.3) is 0 Å². The molecule has 0 aliphatic carbocycles. The fourth-order valence-corrected chi connectivity index (χ4v) is 2.62. The molecule has 1 fully saturated rings. The fourth-order valence-electron chi connectivity index (χ4n) is 2.62. The molecular formula is C15H27N3O5. The number of carboxylic acid groups (broad SMARTS) is 1. The lowest BCUT2D eigenvalue weighted by Gasteiger charge is -2.30. The Morgan fingerprint density at radius 1 is 1.35 bits per heavy atom. The summed E-state index contributed by atoms with van der Waals surface area (Å²) >= 11 is 0. The van der Waals surface area contributed by atoms with Gasteiger partial charge in [0.15, 0.2) is 0 Å². The van der Waals surface area contributed by atoms with E-state index in [1.807, 2.05) is 13.8 Å². The molecule has 1 heterocycles. The molecule has 8 heteroatoms. The maximum atomic E-state index is 12.5. The topological polar surface area (TPSA) is 133 Å². The van der Waals surface area contributed by atoms with Crippen molar-refractivity contribution in [3.63, 3.8) is 0 Å². The minimum atomic E-state index is -1.20.